The average Bonchev–Trinajstić information content (AvgIpc) is 2.73. The lowest BCUT2D eigenvalue weighted by atomic mass is 10.1. The molecule has 0 fully saturated rings. The summed E-state index contributed by atoms with van der Waals surface area (Å²) < 4.78 is 0. The highest BCUT2D eigenvalue weighted by molar-refractivity contribution is 5.82. The van der Waals surface area contributed by atoms with E-state index in [-0.39, 0.29) is 0 Å². The van der Waals surface area contributed by atoms with Gasteiger partial charge in [-0.15, -0.1) is 0 Å². The first-order valence-corrected chi connectivity index (χ1v) is 5.61. The number of hydrogen-bond acceptors (Lipinski definition) is 3. The lowest BCUT2D eigenvalue weighted by Gasteiger charge is -2.01. The second-order valence-electron chi connectivity index (χ2n) is 4.23. The number of fused-ring (bicyclic) bond motifs is 4. The number of hydrogen-bond donors (Lipinski definition) is 0. The van der Waals surface area contributed by atoms with Gasteiger partial charge in [0.25, 0.3) is 0 Å². The van der Waals surface area contributed by atoms with Crippen molar-refractivity contribution < 1.29 is 0 Å². The Bertz CT molecular complexity index is 734. The molecule has 80 valence electrons. The molecule has 4 rings (SSSR count). The number of rotatable bonds is 0. The van der Waals surface area contributed by atoms with Crippen molar-refractivity contribution in [2.75, 3.05) is 0 Å². The summed E-state index contributed by atoms with van der Waals surface area (Å²) in [6.45, 7) is 0. The summed E-state index contributed by atoms with van der Waals surface area (Å²) in [7, 11) is 0. The van der Waals surface area contributed by atoms with Crippen LogP contribution in [0.2, 0.25) is 0 Å². The minimum atomic E-state index is 0.796. The highest BCUT2D eigenvalue weighted by Crippen LogP contribution is 2.34. The van der Waals surface area contributed by atoms with Crippen molar-refractivity contribution in [2.24, 2.45) is 0 Å². The van der Waals surface area contributed by atoms with Crippen molar-refractivity contribution in [1.29, 1.82) is 0 Å². The summed E-state index contributed by atoms with van der Waals surface area (Å²) in [6.07, 6.45) is 4.52. The van der Waals surface area contributed by atoms with Crippen LogP contribution in [-0.4, -0.2) is 15.0 Å². The lowest BCUT2D eigenvalue weighted by Crippen LogP contribution is -1.89. The van der Waals surface area contributed by atoms with E-state index in [0.717, 1.165) is 28.8 Å². The van der Waals surface area contributed by atoms with Gasteiger partial charge in [0.05, 0.1) is 11.4 Å². The standard InChI is InChI=1S/C14H9N3/c1-3-9-7-11-8-10-4-2-6-16-14(10)17-13(11)12(9)15-5-1/h1-6,8H,7H2. The Hall–Kier alpha value is -2.29. The molecule has 17 heavy (non-hydrogen) atoms. The zero-order valence-corrected chi connectivity index (χ0v) is 9.09. The third kappa shape index (κ3) is 1.19. The molecule has 3 aromatic heterocycles. The van der Waals surface area contributed by atoms with Gasteiger partial charge in [0.1, 0.15) is 0 Å². The molecule has 3 aromatic rings. The summed E-state index contributed by atoms with van der Waals surface area (Å²) in [5, 5.41) is 1.10. The van der Waals surface area contributed by atoms with Crippen molar-refractivity contribution in [3.63, 3.8) is 0 Å². The van der Waals surface area contributed by atoms with E-state index in [1.165, 1.54) is 11.1 Å². The maximum Gasteiger partial charge on any atom is 0.159 e. The SMILES string of the molecule is c1cnc2c(c1)Cc1cc3cccnc3nc1-2. The smallest absolute Gasteiger partial charge is 0.159 e. The van der Waals surface area contributed by atoms with Gasteiger partial charge < -0.3 is 0 Å². The van der Waals surface area contributed by atoms with Crippen LogP contribution >= 0.6 is 0 Å². The molecule has 0 saturated heterocycles. The summed E-state index contributed by atoms with van der Waals surface area (Å²) in [5.74, 6) is 0. The Morgan fingerprint density at radius 2 is 1.76 bits per heavy atom. The van der Waals surface area contributed by atoms with Crippen LogP contribution in [0.15, 0.2) is 42.7 Å². The van der Waals surface area contributed by atoms with Crippen molar-refractivity contribution >= 4 is 11.0 Å². The van der Waals surface area contributed by atoms with E-state index in [1.807, 2.05) is 24.4 Å². The molecule has 0 saturated carbocycles. The van der Waals surface area contributed by atoms with Crippen molar-refractivity contribution in [3.8, 4) is 11.4 Å². The monoisotopic (exact) mass is 219 g/mol. The van der Waals surface area contributed by atoms with Crippen LogP contribution < -0.4 is 0 Å². The summed E-state index contributed by atoms with van der Waals surface area (Å²) >= 11 is 0. The molecule has 0 atom stereocenters. The highest BCUT2D eigenvalue weighted by Gasteiger charge is 2.21. The Balaban J connectivity index is 2.07. The molecule has 0 N–H and O–H groups in total. The fraction of sp³-hybridized carbons (Fsp3) is 0.0714. The van der Waals surface area contributed by atoms with Crippen molar-refractivity contribution in [1.82, 2.24) is 15.0 Å². The molecule has 3 nitrogen and oxygen atoms in total. The van der Waals surface area contributed by atoms with Crippen LogP contribution in [0.4, 0.5) is 0 Å². The largest absolute Gasteiger partial charge is 0.254 e. The van der Waals surface area contributed by atoms with Crippen LogP contribution in [0.5, 0.6) is 0 Å². The number of nitrogens with zero attached hydrogens (tertiary/aromatic N) is 3. The molecule has 1 aliphatic carbocycles. The Morgan fingerprint density at radius 1 is 0.882 bits per heavy atom. The minimum absolute atomic E-state index is 0.796. The fourth-order valence-electron chi connectivity index (χ4n) is 2.39. The first kappa shape index (κ1) is 8.82. The molecule has 0 spiro atoms. The number of aromatic nitrogens is 3. The normalized spacial score (nSPS) is 12.5. The molecular weight excluding hydrogens is 210 g/mol. The first-order chi connectivity index (χ1) is 8.42. The molecule has 0 aliphatic heterocycles. The molecule has 3 heterocycles. The zero-order chi connectivity index (χ0) is 11.2. The Labute approximate surface area is 98.2 Å². The van der Waals surface area contributed by atoms with Gasteiger partial charge in [0.15, 0.2) is 5.65 Å². The van der Waals surface area contributed by atoms with Gasteiger partial charge in [0.2, 0.25) is 0 Å². The van der Waals surface area contributed by atoms with Gasteiger partial charge in [-0.2, -0.15) is 0 Å². The van der Waals surface area contributed by atoms with Gasteiger partial charge in [-0.05, 0) is 35.4 Å². The summed E-state index contributed by atoms with van der Waals surface area (Å²) in [5.41, 5.74) is 5.30. The van der Waals surface area contributed by atoms with Gasteiger partial charge in [-0.3, -0.25) is 4.98 Å². The lowest BCUT2D eigenvalue weighted by molar-refractivity contribution is 1.23. The predicted octanol–water partition coefficient (Wildman–Crippen LogP) is 2.60. The summed E-state index contributed by atoms with van der Waals surface area (Å²) in [6, 6.07) is 10.2. The molecule has 1 aliphatic rings. The minimum Gasteiger partial charge on any atom is -0.254 e. The van der Waals surface area contributed by atoms with E-state index in [9.17, 15) is 0 Å². The molecule has 3 heteroatoms. The molecule has 0 amide bonds. The van der Waals surface area contributed by atoms with Crippen LogP contribution in [0.3, 0.4) is 0 Å². The quantitative estimate of drug-likeness (QED) is 0.456. The fourth-order valence-corrected chi connectivity index (χ4v) is 2.39. The number of pyridine rings is 3. The third-order valence-electron chi connectivity index (χ3n) is 3.16. The van der Waals surface area contributed by atoms with E-state index >= 15 is 0 Å². The molecular formula is C14H9N3. The first-order valence-electron chi connectivity index (χ1n) is 5.61. The highest BCUT2D eigenvalue weighted by atomic mass is 14.9. The van der Waals surface area contributed by atoms with Crippen molar-refractivity contribution in [2.45, 2.75) is 6.42 Å². The van der Waals surface area contributed by atoms with Crippen LogP contribution in [0.1, 0.15) is 11.1 Å². The third-order valence-corrected chi connectivity index (χ3v) is 3.16. The van der Waals surface area contributed by atoms with Crippen molar-refractivity contribution in [3.05, 3.63) is 53.9 Å². The molecule has 0 unspecified atom stereocenters. The van der Waals surface area contributed by atoms with E-state index in [4.69, 9.17) is 0 Å². The van der Waals surface area contributed by atoms with E-state index in [2.05, 4.69) is 27.1 Å². The van der Waals surface area contributed by atoms with Gasteiger partial charge >= 0.3 is 0 Å². The topological polar surface area (TPSA) is 38.7 Å². The second kappa shape index (κ2) is 3.10. The predicted molar refractivity (Wildman–Crippen MR) is 65.6 cm³/mol. The maximum absolute atomic E-state index is 4.62. The molecule has 0 radical (unpaired) electrons. The van der Waals surface area contributed by atoms with E-state index in [1.54, 1.807) is 6.20 Å². The van der Waals surface area contributed by atoms with Crippen LogP contribution in [-0.2, 0) is 6.42 Å². The van der Waals surface area contributed by atoms with E-state index < -0.39 is 0 Å². The zero-order valence-electron chi connectivity index (χ0n) is 9.09. The Kier molecular flexibility index (Phi) is 1.61. The van der Waals surface area contributed by atoms with Gasteiger partial charge in [0, 0.05) is 24.2 Å². The second-order valence-corrected chi connectivity index (χ2v) is 4.23. The molecule has 0 aromatic carbocycles. The van der Waals surface area contributed by atoms with Gasteiger partial charge in [-0.1, -0.05) is 6.07 Å². The summed E-state index contributed by atoms with van der Waals surface area (Å²) in [4.78, 5) is 13.3. The maximum atomic E-state index is 4.62. The van der Waals surface area contributed by atoms with E-state index in [0.29, 0.717) is 0 Å². The van der Waals surface area contributed by atoms with Gasteiger partial charge in [-0.25, -0.2) is 9.97 Å². The molecule has 0 bridgehead atoms. The van der Waals surface area contributed by atoms with Crippen LogP contribution in [0, 0.1) is 0 Å². The van der Waals surface area contributed by atoms with Crippen LogP contribution in [0.25, 0.3) is 22.4 Å². The average molecular weight is 219 g/mol. The Morgan fingerprint density at radius 3 is 2.76 bits per heavy atom.